The van der Waals surface area contributed by atoms with E-state index in [-0.39, 0.29) is 0 Å². The van der Waals surface area contributed by atoms with Gasteiger partial charge in [-0.15, -0.1) is 5.10 Å². The molecule has 1 aromatic carbocycles. The maximum atomic E-state index is 12.2. The molecule has 19 heavy (non-hydrogen) atoms. The minimum atomic E-state index is -1.08. The Balaban J connectivity index is 2.33. The number of carbonyl (C=O) groups excluding carboxylic acids is 1. The number of aromatic nitrogens is 2. The highest BCUT2D eigenvalue weighted by Gasteiger charge is 2.21. The normalized spacial score (nSPS) is 10.2. The van der Waals surface area contributed by atoms with E-state index in [1.807, 2.05) is 19.1 Å². The lowest BCUT2D eigenvalue weighted by molar-refractivity contribution is -0.135. The number of aliphatic carboxylic acids is 1. The van der Waals surface area contributed by atoms with Gasteiger partial charge in [0.15, 0.2) is 0 Å². The number of aryl methyl sites for hydroxylation is 1. The van der Waals surface area contributed by atoms with Crippen molar-refractivity contribution in [3.8, 4) is 0 Å². The maximum Gasteiger partial charge on any atom is 0.323 e. The summed E-state index contributed by atoms with van der Waals surface area (Å²) in [5.74, 6) is -1.49. The molecule has 0 spiro atoms. The molecule has 0 aliphatic heterocycles. The number of carboxylic acid groups (broad SMARTS) is 1. The number of anilines is 1. The molecule has 0 unspecified atom stereocenters. The van der Waals surface area contributed by atoms with Crippen molar-refractivity contribution in [1.29, 1.82) is 0 Å². The quantitative estimate of drug-likeness (QED) is 0.917. The molecule has 7 heteroatoms. The zero-order valence-electron chi connectivity index (χ0n) is 10.1. The molecule has 0 fully saturated rings. The van der Waals surface area contributed by atoms with Gasteiger partial charge in [0, 0.05) is 5.69 Å². The average Bonchev–Trinajstić information content (AvgIpc) is 2.90. The maximum absolute atomic E-state index is 12.2. The lowest BCUT2D eigenvalue weighted by Crippen LogP contribution is -2.35. The highest BCUT2D eigenvalue weighted by atomic mass is 32.1. The third-order valence-electron chi connectivity index (χ3n) is 2.46. The smallest absolute Gasteiger partial charge is 0.323 e. The van der Waals surface area contributed by atoms with Crippen LogP contribution in [0.5, 0.6) is 0 Å². The van der Waals surface area contributed by atoms with E-state index in [9.17, 15) is 9.59 Å². The molecule has 0 bridgehead atoms. The van der Waals surface area contributed by atoms with Gasteiger partial charge in [-0.2, -0.15) is 0 Å². The van der Waals surface area contributed by atoms with Gasteiger partial charge in [-0.1, -0.05) is 22.2 Å². The second-order valence-corrected chi connectivity index (χ2v) is 4.69. The zero-order chi connectivity index (χ0) is 13.8. The van der Waals surface area contributed by atoms with E-state index in [2.05, 4.69) is 9.59 Å². The van der Waals surface area contributed by atoms with Gasteiger partial charge < -0.3 is 5.11 Å². The Morgan fingerprint density at radius 1 is 1.32 bits per heavy atom. The van der Waals surface area contributed by atoms with Gasteiger partial charge in [0.1, 0.15) is 11.4 Å². The van der Waals surface area contributed by atoms with Crippen molar-refractivity contribution in [2.75, 3.05) is 11.4 Å². The number of hydrogen-bond donors (Lipinski definition) is 1. The molecule has 1 heterocycles. The van der Waals surface area contributed by atoms with Gasteiger partial charge in [0.2, 0.25) is 0 Å². The topological polar surface area (TPSA) is 83.4 Å². The first-order chi connectivity index (χ1) is 9.08. The van der Waals surface area contributed by atoms with Crippen molar-refractivity contribution < 1.29 is 14.7 Å². The van der Waals surface area contributed by atoms with Crippen LogP contribution >= 0.6 is 11.5 Å². The molecular weight excluding hydrogens is 266 g/mol. The molecule has 2 aromatic rings. The van der Waals surface area contributed by atoms with Crippen molar-refractivity contribution in [3.05, 3.63) is 40.9 Å². The molecule has 1 amide bonds. The minimum absolute atomic E-state index is 0.307. The van der Waals surface area contributed by atoms with Crippen LogP contribution in [0.25, 0.3) is 0 Å². The van der Waals surface area contributed by atoms with Crippen molar-refractivity contribution in [3.63, 3.8) is 0 Å². The summed E-state index contributed by atoms with van der Waals surface area (Å²) in [6.45, 7) is 1.51. The summed E-state index contributed by atoms with van der Waals surface area (Å²) in [7, 11) is 0. The predicted octanol–water partition coefficient (Wildman–Crippen LogP) is 1.58. The fourth-order valence-electron chi connectivity index (χ4n) is 1.53. The standard InChI is InChI=1S/C12H11N3O3S/c1-8-2-4-9(5-3-8)15(7-11(16)17)12(18)10-6-13-14-19-10/h2-6H,7H2,1H3,(H,16,17). The van der Waals surface area contributed by atoms with E-state index in [1.165, 1.54) is 11.1 Å². The minimum Gasteiger partial charge on any atom is -0.480 e. The molecule has 98 valence electrons. The number of carboxylic acids is 1. The number of carbonyl (C=O) groups is 2. The summed E-state index contributed by atoms with van der Waals surface area (Å²) in [6, 6.07) is 7.07. The largest absolute Gasteiger partial charge is 0.480 e. The second-order valence-electron chi connectivity index (χ2n) is 3.90. The predicted molar refractivity (Wildman–Crippen MR) is 70.4 cm³/mol. The first kappa shape index (κ1) is 13.2. The first-order valence-corrected chi connectivity index (χ1v) is 6.23. The van der Waals surface area contributed by atoms with Crippen LogP contribution in [0.3, 0.4) is 0 Å². The van der Waals surface area contributed by atoms with Crippen LogP contribution in [0.15, 0.2) is 30.5 Å². The Morgan fingerprint density at radius 2 is 2.00 bits per heavy atom. The van der Waals surface area contributed by atoms with Crippen molar-refractivity contribution in [2.45, 2.75) is 6.92 Å². The van der Waals surface area contributed by atoms with Gasteiger partial charge in [-0.3, -0.25) is 14.5 Å². The van der Waals surface area contributed by atoms with E-state index in [1.54, 1.807) is 12.1 Å². The van der Waals surface area contributed by atoms with Crippen LogP contribution in [-0.2, 0) is 4.79 Å². The third-order valence-corrected chi connectivity index (χ3v) is 3.11. The summed E-state index contributed by atoms with van der Waals surface area (Å²) in [6.07, 6.45) is 1.33. The van der Waals surface area contributed by atoms with E-state index >= 15 is 0 Å². The summed E-state index contributed by atoms with van der Waals surface area (Å²) >= 11 is 0.939. The van der Waals surface area contributed by atoms with Gasteiger partial charge in [0.25, 0.3) is 5.91 Å². The van der Waals surface area contributed by atoms with E-state index < -0.39 is 18.4 Å². The van der Waals surface area contributed by atoms with E-state index in [4.69, 9.17) is 5.11 Å². The van der Waals surface area contributed by atoms with Crippen LogP contribution in [0, 0.1) is 6.92 Å². The third kappa shape index (κ3) is 3.14. The summed E-state index contributed by atoms with van der Waals surface area (Å²) in [5, 5.41) is 12.5. The van der Waals surface area contributed by atoms with E-state index in [0.29, 0.717) is 10.6 Å². The van der Waals surface area contributed by atoms with Crippen LogP contribution in [0.1, 0.15) is 15.2 Å². The molecule has 0 saturated carbocycles. The molecule has 0 aliphatic carbocycles. The Labute approximate surface area is 113 Å². The van der Waals surface area contributed by atoms with Gasteiger partial charge >= 0.3 is 5.97 Å². The number of nitrogens with zero attached hydrogens (tertiary/aromatic N) is 3. The molecule has 1 N–H and O–H groups in total. The number of amides is 1. The molecule has 0 atom stereocenters. The SMILES string of the molecule is Cc1ccc(N(CC(=O)O)C(=O)c2cnns2)cc1. The van der Waals surface area contributed by atoms with Crippen LogP contribution in [0.4, 0.5) is 5.69 Å². The number of benzene rings is 1. The summed E-state index contributed by atoms with van der Waals surface area (Å²) < 4.78 is 3.61. The molecule has 0 saturated heterocycles. The molecular formula is C12H11N3O3S. The van der Waals surface area contributed by atoms with Gasteiger partial charge in [0.05, 0.1) is 6.20 Å². The van der Waals surface area contributed by atoms with E-state index in [0.717, 1.165) is 17.1 Å². The monoisotopic (exact) mass is 277 g/mol. The fourth-order valence-corrected chi connectivity index (χ4v) is 2.00. The average molecular weight is 277 g/mol. The Morgan fingerprint density at radius 3 is 2.53 bits per heavy atom. The number of hydrogen-bond acceptors (Lipinski definition) is 5. The van der Waals surface area contributed by atoms with Crippen molar-refractivity contribution in [2.24, 2.45) is 0 Å². The molecule has 6 nitrogen and oxygen atoms in total. The second kappa shape index (κ2) is 5.57. The van der Waals surface area contributed by atoms with Crippen LogP contribution < -0.4 is 4.90 Å². The molecule has 2 rings (SSSR count). The van der Waals surface area contributed by atoms with Crippen molar-refractivity contribution >= 4 is 29.1 Å². The lowest BCUT2D eigenvalue weighted by atomic mass is 10.2. The fraction of sp³-hybridized carbons (Fsp3) is 0.167. The van der Waals surface area contributed by atoms with Gasteiger partial charge in [-0.25, -0.2) is 0 Å². The summed E-state index contributed by atoms with van der Waals surface area (Å²) in [4.78, 5) is 24.6. The van der Waals surface area contributed by atoms with Crippen molar-refractivity contribution in [1.82, 2.24) is 9.59 Å². The molecule has 0 radical (unpaired) electrons. The first-order valence-electron chi connectivity index (χ1n) is 5.45. The summed E-state index contributed by atoms with van der Waals surface area (Å²) in [5.41, 5.74) is 1.57. The van der Waals surface area contributed by atoms with Gasteiger partial charge in [-0.05, 0) is 30.6 Å². The Bertz CT molecular complexity index is 581. The van der Waals surface area contributed by atoms with Crippen LogP contribution in [-0.4, -0.2) is 33.1 Å². The Kier molecular flexibility index (Phi) is 3.86. The highest BCUT2D eigenvalue weighted by molar-refractivity contribution is 7.07. The molecule has 1 aromatic heterocycles. The highest BCUT2D eigenvalue weighted by Crippen LogP contribution is 2.18. The zero-order valence-corrected chi connectivity index (χ0v) is 10.9. The Hall–Kier alpha value is -2.28. The molecule has 0 aliphatic rings. The lowest BCUT2D eigenvalue weighted by Gasteiger charge is -2.19. The number of rotatable bonds is 4. The van der Waals surface area contributed by atoms with Crippen LogP contribution in [0.2, 0.25) is 0 Å².